The number of hydrogen-bond donors (Lipinski definition) is 1. The first-order valence-corrected chi connectivity index (χ1v) is 6.14. The molecule has 1 N–H and O–H groups in total. The van der Waals surface area contributed by atoms with Gasteiger partial charge in [0, 0.05) is 0 Å². The molecule has 1 rings (SSSR count). The van der Waals surface area contributed by atoms with E-state index < -0.39 is 5.60 Å². The predicted molar refractivity (Wildman–Crippen MR) is 71.4 cm³/mol. The highest BCUT2D eigenvalue weighted by atomic mass is 16.3. The Kier molecular flexibility index (Phi) is 7.92. The maximum Gasteiger partial charge on any atom is 0.0591 e. The van der Waals surface area contributed by atoms with Crippen molar-refractivity contribution in [2.75, 3.05) is 0 Å². The van der Waals surface area contributed by atoms with Crippen molar-refractivity contribution in [1.82, 2.24) is 0 Å². The molecule has 0 aliphatic rings. The predicted octanol–water partition coefficient (Wildman–Crippen LogP) is 4.27. The highest BCUT2D eigenvalue weighted by Gasteiger charge is 2.11. The molecule has 0 saturated carbocycles. The van der Waals surface area contributed by atoms with Gasteiger partial charge in [0.05, 0.1) is 5.60 Å². The third kappa shape index (κ3) is 13.2. The summed E-state index contributed by atoms with van der Waals surface area (Å²) in [7, 11) is 0. The van der Waals surface area contributed by atoms with Gasteiger partial charge in [-0.25, -0.2) is 0 Å². The molecule has 92 valence electrons. The molecule has 0 bridgehead atoms. The van der Waals surface area contributed by atoms with Gasteiger partial charge in [0.15, 0.2) is 0 Å². The SMILES string of the molecule is CC(C)CCCC(C)(C)O.c1ccccc1. The summed E-state index contributed by atoms with van der Waals surface area (Å²) in [4.78, 5) is 0. The minimum absolute atomic E-state index is 0.463. The zero-order chi connectivity index (χ0) is 12.4. The van der Waals surface area contributed by atoms with Crippen molar-refractivity contribution >= 4 is 0 Å². The number of aliphatic hydroxyl groups is 1. The van der Waals surface area contributed by atoms with Crippen LogP contribution < -0.4 is 0 Å². The number of hydrogen-bond acceptors (Lipinski definition) is 1. The summed E-state index contributed by atoms with van der Waals surface area (Å²) in [5, 5.41) is 9.33. The van der Waals surface area contributed by atoms with E-state index in [9.17, 15) is 5.11 Å². The number of rotatable bonds is 4. The quantitative estimate of drug-likeness (QED) is 0.806. The second-order valence-electron chi connectivity index (χ2n) is 5.25. The first kappa shape index (κ1) is 15.2. The first-order chi connectivity index (χ1) is 7.42. The Labute approximate surface area is 101 Å². The molecule has 0 aromatic heterocycles. The Balaban J connectivity index is 0.000000315. The molecular weight excluding hydrogens is 196 g/mol. The molecule has 0 spiro atoms. The second-order valence-corrected chi connectivity index (χ2v) is 5.25. The van der Waals surface area contributed by atoms with Gasteiger partial charge in [-0.05, 0) is 26.2 Å². The van der Waals surface area contributed by atoms with Gasteiger partial charge < -0.3 is 5.11 Å². The van der Waals surface area contributed by atoms with Crippen molar-refractivity contribution in [3.8, 4) is 0 Å². The van der Waals surface area contributed by atoms with Gasteiger partial charge in [-0.2, -0.15) is 0 Å². The standard InChI is InChI=1S/C9H20O.C6H6/c1-8(2)6-5-7-9(3,4)10;1-2-4-6-5-3-1/h8,10H,5-7H2,1-4H3;1-6H. The molecule has 0 radical (unpaired) electrons. The van der Waals surface area contributed by atoms with E-state index in [2.05, 4.69) is 13.8 Å². The van der Waals surface area contributed by atoms with E-state index in [1.54, 1.807) is 0 Å². The Bertz CT molecular complexity index is 207. The molecule has 1 nitrogen and oxygen atoms in total. The van der Waals surface area contributed by atoms with Crippen LogP contribution in [0.2, 0.25) is 0 Å². The van der Waals surface area contributed by atoms with Crippen molar-refractivity contribution in [3.05, 3.63) is 36.4 Å². The van der Waals surface area contributed by atoms with Crippen LogP contribution in [0.3, 0.4) is 0 Å². The van der Waals surface area contributed by atoms with E-state index in [4.69, 9.17) is 0 Å². The minimum atomic E-state index is -0.463. The van der Waals surface area contributed by atoms with Crippen molar-refractivity contribution in [1.29, 1.82) is 0 Å². The normalized spacial score (nSPS) is 10.9. The van der Waals surface area contributed by atoms with Crippen LogP contribution in [-0.2, 0) is 0 Å². The smallest absolute Gasteiger partial charge is 0.0591 e. The molecule has 16 heavy (non-hydrogen) atoms. The van der Waals surface area contributed by atoms with Crippen LogP contribution in [0, 0.1) is 5.92 Å². The van der Waals surface area contributed by atoms with Gasteiger partial charge >= 0.3 is 0 Å². The molecule has 0 heterocycles. The van der Waals surface area contributed by atoms with Crippen LogP contribution in [0.5, 0.6) is 0 Å². The maximum absolute atomic E-state index is 9.33. The second kappa shape index (κ2) is 8.35. The fourth-order valence-electron chi connectivity index (χ4n) is 1.33. The summed E-state index contributed by atoms with van der Waals surface area (Å²) >= 11 is 0. The van der Waals surface area contributed by atoms with Gasteiger partial charge in [-0.1, -0.05) is 63.1 Å². The fourth-order valence-corrected chi connectivity index (χ4v) is 1.33. The van der Waals surface area contributed by atoms with Gasteiger partial charge in [0.1, 0.15) is 0 Å². The van der Waals surface area contributed by atoms with Crippen LogP contribution in [-0.4, -0.2) is 10.7 Å². The molecule has 1 heteroatoms. The largest absolute Gasteiger partial charge is 0.390 e. The van der Waals surface area contributed by atoms with E-state index >= 15 is 0 Å². The van der Waals surface area contributed by atoms with Gasteiger partial charge in [-0.15, -0.1) is 0 Å². The Morgan fingerprint density at radius 3 is 1.56 bits per heavy atom. The average Bonchev–Trinajstić information content (AvgIpc) is 2.18. The summed E-state index contributed by atoms with van der Waals surface area (Å²) in [6.45, 7) is 8.16. The van der Waals surface area contributed by atoms with E-state index in [1.165, 1.54) is 6.42 Å². The van der Waals surface area contributed by atoms with Crippen LogP contribution in [0.1, 0.15) is 47.0 Å². The van der Waals surface area contributed by atoms with E-state index in [0.29, 0.717) is 0 Å². The molecule has 0 atom stereocenters. The third-order valence-electron chi connectivity index (χ3n) is 2.24. The van der Waals surface area contributed by atoms with Crippen LogP contribution in [0.15, 0.2) is 36.4 Å². The summed E-state index contributed by atoms with van der Waals surface area (Å²) in [5.74, 6) is 0.766. The van der Waals surface area contributed by atoms with Gasteiger partial charge in [0.25, 0.3) is 0 Å². The van der Waals surface area contributed by atoms with Crippen molar-refractivity contribution in [3.63, 3.8) is 0 Å². The van der Waals surface area contributed by atoms with E-state index in [-0.39, 0.29) is 0 Å². The highest BCUT2D eigenvalue weighted by Crippen LogP contribution is 2.14. The van der Waals surface area contributed by atoms with E-state index in [0.717, 1.165) is 18.8 Å². The Morgan fingerprint density at radius 1 is 0.938 bits per heavy atom. The molecular formula is C15H26O. The summed E-state index contributed by atoms with van der Waals surface area (Å²) in [5.41, 5.74) is -0.463. The molecule has 0 unspecified atom stereocenters. The summed E-state index contributed by atoms with van der Waals surface area (Å²) in [6.07, 6.45) is 3.29. The third-order valence-corrected chi connectivity index (χ3v) is 2.24. The molecule has 1 aromatic carbocycles. The lowest BCUT2D eigenvalue weighted by Crippen LogP contribution is -2.18. The highest BCUT2D eigenvalue weighted by molar-refractivity contribution is 4.99. The van der Waals surface area contributed by atoms with E-state index in [1.807, 2.05) is 50.2 Å². The lowest BCUT2D eigenvalue weighted by Gasteiger charge is -2.16. The first-order valence-electron chi connectivity index (χ1n) is 6.14. The zero-order valence-electron chi connectivity index (χ0n) is 11.1. The molecule has 0 amide bonds. The van der Waals surface area contributed by atoms with Crippen molar-refractivity contribution < 1.29 is 5.11 Å². The Hall–Kier alpha value is -0.820. The van der Waals surface area contributed by atoms with Gasteiger partial charge in [0.2, 0.25) is 0 Å². The van der Waals surface area contributed by atoms with Crippen molar-refractivity contribution in [2.24, 2.45) is 5.92 Å². The lowest BCUT2D eigenvalue weighted by molar-refractivity contribution is 0.0672. The summed E-state index contributed by atoms with van der Waals surface area (Å²) < 4.78 is 0. The average molecular weight is 222 g/mol. The Morgan fingerprint density at radius 2 is 1.31 bits per heavy atom. The lowest BCUT2D eigenvalue weighted by atomic mass is 9.98. The van der Waals surface area contributed by atoms with Crippen molar-refractivity contribution in [2.45, 2.75) is 52.6 Å². The number of benzene rings is 1. The topological polar surface area (TPSA) is 20.2 Å². The van der Waals surface area contributed by atoms with Gasteiger partial charge in [-0.3, -0.25) is 0 Å². The van der Waals surface area contributed by atoms with Crippen LogP contribution in [0.25, 0.3) is 0 Å². The maximum atomic E-state index is 9.33. The monoisotopic (exact) mass is 222 g/mol. The molecule has 0 aliphatic heterocycles. The molecule has 0 aliphatic carbocycles. The fraction of sp³-hybridized carbons (Fsp3) is 0.600. The summed E-state index contributed by atoms with van der Waals surface area (Å²) in [6, 6.07) is 12.0. The van der Waals surface area contributed by atoms with Crippen LogP contribution in [0.4, 0.5) is 0 Å². The molecule has 0 saturated heterocycles. The molecule has 1 aromatic rings. The van der Waals surface area contributed by atoms with Crippen LogP contribution >= 0.6 is 0 Å². The zero-order valence-corrected chi connectivity index (χ0v) is 11.1. The minimum Gasteiger partial charge on any atom is -0.390 e. The molecule has 0 fully saturated rings.